The Morgan fingerprint density at radius 2 is 1.63 bits per heavy atom. The number of nitrogens with one attached hydrogen (secondary N) is 2. The van der Waals surface area contributed by atoms with E-state index in [0.29, 0.717) is 24.8 Å². The highest BCUT2D eigenvalue weighted by Crippen LogP contribution is 2.43. The second-order valence-corrected chi connectivity index (χ2v) is 24.3. The number of allylic oxidation sites excluding steroid dienone is 3. The van der Waals surface area contributed by atoms with Crippen LogP contribution in [0.15, 0.2) is 23.8 Å². The van der Waals surface area contributed by atoms with Crippen LogP contribution in [-0.2, 0) is 33.0 Å². The highest BCUT2D eigenvalue weighted by atomic mass is 28.4. The third kappa shape index (κ3) is 15.9. The van der Waals surface area contributed by atoms with Crippen molar-refractivity contribution in [2.24, 2.45) is 23.7 Å². The molecule has 57 heavy (non-hydrogen) atoms. The van der Waals surface area contributed by atoms with Crippen LogP contribution >= 0.6 is 0 Å². The lowest BCUT2D eigenvalue weighted by Gasteiger charge is -2.48. The molecule has 3 rings (SSSR count). The number of hydrogen-bond acceptors (Lipinski definition) is 8. The van der Waals surface area contributed by atoms with Crippen molar-refractivity contribution < 1.29 is 38.1 Å². The summed E-state index contributed by atoms with van der Waals surface area (Å²) >= 11 is 0. The number of ketones is 1. The van der Waals surface area contributed by atoms with E-state index in [1.165, 1.54) is 0 Å². The van der Waals surface area contributed by atoms with Crippen LogP contribution in [0.3, 0.4) is 0 Å². The molecule has 10 nitrogen and oxygen atoms in total. The lowest BCUT2D eigenvalue weighted by molar-refractivity contribution is -0.324. The van der Waals surface area contributed by atoms with E-state index >= 15 is 0 Å². The number of aliphatic hydroxyl groups excluding tert-OH is 1. The van der Waals surface area contributed by atoms with Gasteiger partial charge in [-0.3, -0.25) is 14.4 Å². The minimum Gasteiger partial charge on any atom is -0.411 e. The maximum atomic E-state index is 13.7. The lowest BCUT2D eigenvalue weighted by Crippen LogP contribution is -2.52. The molecule has 3 fully saturated rings. The topological polar surface area (TPSA) is 132 Å². The molecule has 11 atom stereocenters. The molecule has 0 saturated carbocycles. The zero-order valence-electron chi connectivity index (χ0n) is 37.9. The zero-order valence-corrected chi connectivity index (χ0v) is 38.9. The molecule has 3 aliphatic rings. The smallest absolute Gasteiger partial charge is 0.225 e. The summed E-state index contributed by atoms with van der Waals surface area (Å²) in [4.78, 5) is 39.2. The molecular formula is C46H82N2O8Si. The molecule has 3 saturated heterocycles. The first kappa shape index (κ1) is 49.5. The van der Waals surface area contributed by atoms with Gasteiger partial charge in [-0.2, -0.15) is 0 Å². The van der Waals surface area contributed by atoms with Gasteiger partial charge in [0.1, 0.15) is 0 Å². The number of aliphatic hydroxyl groups is 1. The Labute approximate surface area is 347 Å². The van der Waals surface area contributed by atoms with E-state index in [4.69, 9.17) is 18.6 Å². The maximum absolute atomic E-state index is 13.7. The summed E-state index contributed by atoms with van der Waals surface area (Å²) in [5.74, 6) is -0.138. The van der Waals surface area contributed by atoms with Crippen molar-refractivity contribution in [2.75, 3.05) is 13.1 Å². The second-order valence-electron chi connectivity index (χ2n) is 19.5. The normalized spacial score (nSPS) is 29.8. The van der Waals surface area contributed by atoms with Gasteiger partial charge in [-0.05, 0) is 126 Å². The van der Waals surface area contributed by atoms with Crippen molar-refractivity contribution in [3.8, 4) is 0 Å². The Balaban J connectivity index is 1.53. The first-order valence-electron chi connectivity index (χ1n) is 22.4. The third-order valence-corrected chi connectivity index (χ3v) is 17.9. The molecule has 2 amide bonds. The van der Waals surface area contributed by atoms with Gasteiger partial charge >= 0.3 is 0 Å². The molecule has 0 unspecified atom stereocenters. The van der Waals surface area contributed by atoms with E-state index in [0.717, 1.165) is 76.2 Å². The molecule has 3 N–H and O–H groups in total. The van der Waals surface area contributed by atoms with Gasteiger partial charge in [0, 0.05) is 32.4 Å². The van der Waals surface area contributed by atoms with Crippen molar-refractivity contribution in [1.29, 1.82) is 0 Å². The molecule has 0 aliphatic carbocycles. The fourth-order valence-corrected chi connectivity index (χ4v) is 9.59. The second kappa shape index (κ2) is 22.6. The number of rotatable bonds is 20. The van der Waals surface area contributed by atoms with Gasteiger partial charge in [0.25, 0.3) is 0 Å². The molecule has 328 valence electrons. The fourth-order valence-electron chi connectivity index (χ4n) is 8.19. The van der Waals surface area contributed by atoms with Crippen LogP contribution in [0, 0.1) is 23.7 Å². The van der Waals surface area contributed by atoms with E-state index in [-0.39, 0.29) is 65.9 Å². The average Bonchev–Trinajstić information content (AvgIpc) is 3.13. The van der Waals surface area contributed by atoms with E-state index in [1.807, 2.05) is 27.7 Å². The Morgan fingerprint density at radius 3 is 2.30 bits per heavy atom. The van der Waals surface area contributed by atoms with E-state index < -0.39 is 32.2 Å². The predicted molar refractivity (Wildman–Crippen MR) is 231 cm³/mol. The van der Waals surface area contributed by atoms with Gasteiger partial charge in [0.2, 0.25) is 11.8 Å². The predicted octanol–water partition coefficient (Wildman–Crippen LogP) is 8.96. The van der Waals surface area contributed by atoms with E-state index in [2.05, 4.69) is 71.3 Å². The van der Waals surface area contributed by atoms with Crippen molar-refractivity contribution in [3.63, 3.8) is 0 Å². The highest BCUT2D eigenvalue weighted by molar-refractivity contribution is 6.74. The summed E-state index contributed by atoms with van der Waals surface area (Å²) in [5.41, 5.74) is 1.02. The van der Waals surface area contributed by atoms with Crippen molar-refractivity contribution in [2.45, 2.75) is 213 Å². The Hall–Kier alpha value is -1.89. The van der Waals surface area contributed by atoms with Crippen LogP contribution in [0.4, 0.5) is 0 Å². The molecule has 0 aromatic heterocycles. The van der Waals surface area contributed by atoms with Crippen LogP contribution in [0.2, 0.25) is 18.1 Å². The fraction of sp³-hybridized carbons (Fsp3) is 0.848. The highest BCUT2D eigenvalue weighted by Gasteiger charge is 2.45. The third-order valence-electron chi connectivity index (χ3n) is 13.4. The molecule has 3 aliphatic heterocycles. The SMILES string of the molecule is C/C=C/C(=O)C[C@H]1CC[C@@H](C)[C@@H](CC(=O)NC[C@@H](O[Si](C)(C)C(C)(C)C)[C@@H](C)C(=O)NCCC[C@H]2O[C@@]3(CCC[C@@H](CC[C@H](C)/C=C(\C)[C@H](C)O)O3)CC[C@@H]2C)O1. The van der Waals surface area contributed by atoms with Crippen molar-refractivity contribution in [3.05, 3.63) is 23.8 Å². The molecule has 1 spiro atoms. The summed E-state index contributed by atoms with van der Waals surface area (Å²) in [6, 6.07) is 0. The average molecular weight is 819 g/mol. The van der Waals surface area contributed by atoms with Crippen LogP contribution in [0.5, 0.6) is 0 Å². The lowest BCUT2D eigenvalue weighted by atomic mass is 9.85. The summed E-state index contributed by atoms with van der Waals surface area (Å²) in [7, 11) is -2.28. The Kier molecular flexibility index (Phi) is 19.6. The number of ether oxygens (including phenoxy) is 3. The first-order chi connectivity index (χ1) is 26.6. The van der Waals surface area contributed by atoms with Gasteiger partial charge in [-0.25, -0.2) is 0 Å². The monoisotopic (exact) mass is 819 g/mol. The summed E-state index contributed by atoms with van der Waals surface area (Å²) < 4.78 is 26.6. The van der Waals surface area contributed by atoms with E-state index in [9.17, 15) is 19.5 Å². The molecule has 0 aromatic carbocycles. The van der Waals surface area contributed by atoms with Crippen molar-refractivity contribution in [1.82, 2.24) is 10.6 Å². The molecule has 0 bridgehead atoms. The van der Waals surface area contributed by atoms with E-state index in [1.54, 1.807) is 12.2 Å². The standard InChI is InChI=1S/C46H82N2O8Si/c1-13-16-37(50)28-39-22-20-32(3)41(53-39)29-43(51)48-30-42(56-57(11,12)45(8,9)10)35(6)44(52)47-26-15-18-40-33(4)23-25-46(55-40)24-14-17-38(54-46)21-19-31(2)27-34(5)36(7)49/h13,16,27,31-33,35-36,38-42,49H,14-15,17-26,28-30H2,1-12H3,(H,47,52)(H,48,51)/b16-13+,34-27+/t31-,32+,33-,35+,36-,38-,39+,40+,41+,42+,46-/m0/s1. The summed E-state index contributed by atoms with van der Waals surface area (Å²) in [5, 5.41) is 16.1. The van der Waals surface area contributed by atoms with Crippen molar-refractivity contribution >= 4 is 25.9 Å². The number of amides is 2. The Morgan fingerprint density at radius 1 is 0.930 bits per heavy atom. The minimum atomic E-state index is -2.28. The molecule has 0 aromatic rings. The van der Waals surface area contributed by atoms with Gasteiger partial charge in [0.05, 0.1) is 49.0 Å². The van der Waals surface area contributed by atoms with Gasteiger partial charge in [-0.1, -0.05) is 60.6 Å². The number of carbonyl (C=O) groups is 3. The summed E-state index contributed by atoms with van der Waals surface area (Å²) in [6.45, 7) is 25.8. The van der Waals surface area contributed by atoms with Crippen LogP contribution in [0.25, 0.3) is 0 Å². The number of hydrogen-bond donors (Lipinski definition) is 3. The Bertz CT molecular complexity index is 1340. The van der Waals surface area contributed by atoms with Gasteiger partial charge < -0.3 is 34.4 Å². The zero-order chi connectivity index (χ0) is 42.6. The summed E-state index contributed by atoms with van der Waals surface area (Å²) in [6.07, 6.45) is 15.4. The molecule has 11 heteroatoms. The van der Waals surface area contributed by atoms with Gasteiger partial charge in [0.15, 0.2) is 19.9 Å². The van der Waals surface area contributed by atoms with Crippen LogP contribution < -0.4 is 10.6 Å². The van der Waals surface area contributed by atoms with Crippen LogP contribution in [-0.4, -0.2) is 86.5 Å². The maximum Gasteiger partial charge on any atom is 0.225 e. The van der Waals surface area contributed by atoms with Gasteiger partial charge in [-0.15, -0.1) is 0 Å². The minimum absolute atomic E-state index is 0.0432. The molecular weight excluding hydrogens is 737 g/mol. The quantitative estimate of drug-likeness (QED) is 0.0481. The van der Waals surface area contributed by atoms with Crippen LogP contribution in [0.1, 0.15) is 153 Å². The first-order valence-corrected chi connectivity index (χ1v) is 25.3. The molecule has 3 heterocycles. The molecule has 0 radical (unpaired) electrons. The number of carbonyl (C=O) groups excluding carboxylic acids is 3. The largest absolute Gasteiger partial charge is 0.411 e.